The molecule has 0 aliphatic carbocycles. The van der Waals surface area contributed by atoms with Crippen LogP contribution >= 0.6 is 0 Å². The van der Waals surface area contributed by atoms with Crippen molar-refractivity contribution in [2.24, 2.45) is 0 Å². The predicted molar refractivity (Wildman–Crippen MR) is 92.9 cm³/mol. The van der Waals surface area contributed by atoms with Gasteiger partial charge >= 0.3 is 5.97 Å². The van der Waals surface area contributed by atoms with Crippen molar-refractivity contribution in [1.82, 2.24) is 14.4 Å². The van der Waals surface area contributed by atoms with Crippen molar-refractivity contribution in [3.63, 3.8) is 0 Å². The molecule has 0 bridgehead atoms. The van der Waals surface area contributed by atoms with Gasteiger partial charge in [-0.25, -0.2) is 4.79 Å². The van der Waals surface area contributed by atoms with E-state index in [0.29, 0.717) is 56.6 Å². The molecule has 3 heterocycles. The molecule has 3 rings (SSSR count). The van der Waals surface area contributed by atoms with Crippen LogP contribution in [0.1, 0.15) is 47.7 Å². The Morgan fingerprint density at radius 3 is 2.54 bits per heavy atom. The number of fused-ring (bicyclic) bond motifs is 1. The number of carbonyl (C=O) groups is 3. The maximum Gasteiger partial charge on any atom is 0.341 e. The Hall–Kier alpha value is -2.64. The molecule has 26 heavy (non-hydrogen) atoms. The maximum atomic E-state index is 12.6. The number of nitrogens with zero attached hydrogens (tertiary/aromatic N) is 3. The van der Waals surface area contributed by atoms with E-state index < -0.39 is 11.5 Å². The average Bonchev–Trinajstić information content (AvgIpc) is 2.99. The highest BCUT2D eigenvalue weighted by Crippen LogP contribution is 2.21. The van der Waals surface area contributed by atoms with Gasteiger partial charge in [0.25, 0.3) is 5.56 Å². The smallest absolute Gasteiger partial charge is 0.341 e. The van der Waals surface area contributed by atoms with E-state index in [2.05, 4.69) is 0 Å². The Kier molecular flexibility index (Phi) is 5.11. The number of pyridine rings is 1. The van der Waals surface area contributed by atoms with Crippen molar-refractivity contribution in [3.8, 4) is 0 Å². The number of carbonyl (C=O) groups excluding carboxylic acids is 2. The van der Waals surface area contributed by atoms with Crippen LogP contribution in [-0.4, -0.2) is 56.9 Å². The molecule has 8 heteroatoms. The monoisotopic (exact) mass is 361 g/mol. The molecule has 0 unspecified atom stereocenters. The molecule has 0 radical (unpaired) electrons. The molecule has 0 aromatic carbocycles. The van der Waals surface area contributed by atoms with Crippen LogP contribution in [0.3, 0.4) is 0 Å². The fourth-order valence-corrected chi connectivity index (χ4v) is 3.74. The summed E-state index contributed by atoms with van der Waals surface area (Å²) in [4.78, 5) is 51.0. The van der Waals surface area contributed by atoms with Gasteiger partial charge in [-0.2, -0.15) is 0 Å². The molecular weight excluding hydrogens is 338 g/mol. The van der Waals surface area contributed by atoms with Crippen molar-refractivity contribution >= 4 is 17.8 Å². The van der Waals surface area contributed by atoms with Crippen LogP contribution in [0.2, 0.25) is 0 Å². The molecule has 2 aliphatic rings. The van der Waals surface area contributed by atoms with Crippen LogP contribution < -0.4 is 5.56 Å². The lowest BCUT2D eigenvalue weighted by molar-refractivity contribution is -0.130. The highest BCUT2D eigenvalue weighted by Gasteiger charge is 2.27. The third-order valence-corrected chi connectivity index (χ3v) is 5.13. The van der Waals surface area contributed by atoms with Gasteiger partial charge in [-0.1, -0.05) is 0 Å². The zero-order chi connectivity index (χ0) is 18.8. The zero-order valence-electron chi connectivity index (χ0n) is 14.9. The van der Waals surface area contributed by atoms with Crippen LogP contribution in [0, 0.1) is 0 Å². The molecule has 1 saturated heterocycles. The number of hydrogen-bond donors (Lipinski definition) is 1. The van der Waals surface area contributed by atoms with Gasteiger partial charge in [0.1, 0.15) is 5.56 Å². The Morgan fingerprint density at radius 1 is 1.15 bits per heavy atom. The first kappa shape index (κ1) is 18.2. The molecule has 8 nitrogen and oxygen atoms in total. The molecule has 1 fully saturated rings. The third-order valence-electron chi connectivity index (χ3n) is 5.13. The summed E-state index contributed by atoms with van der Waals surface area (Å²) in [5.74, 6) is -1.17. The topological polar surface area (TPSA) is 99.9 Å². The van der Waals surface area contributed by atoms with E-state index in [4.69, 9.17) is 0 Å². The van der Waals surface area contributed by atoms with Gasteiger partial charge in [0.2, 0.25) is 11.8 Å². The molecule has 2 amide bonds. The van der Waals surface area contributed by atoms with Crippen LogP contribution in [0.4, 0.5) is 0 Å². The van der Waals surface area contributed by atoms with Gasteiger partial charge in [-0.05, 0) is 30.4 Å². The normalized spacial score (nSPS) is 16.7. The second kappa shape index (κ2) is 7.31. The average molecular weight is 361 g/mol. The summed E-state index contributed by atoms with van der Waals surface area (Å²) in [6.45, 7) is 3.86. The first-order chi connectivity index (χ1) is 12.4. The Labute approximate surface area is 151 Å². The number of likely N-dealkylation sites (tertiary alicyclic amines) is 1. The molecule has 1 aromatic rings. The van der Waals surface area contributed by atoms with Crippen LogP contribution in [-0.2, 0) is 29.1 Å². The van der Waals surface area contributed by atoms with Crippen LogP contribution in [0.5, 0.6) is 0 Å². The SMILES string of the molecule is CC(=O)N1CCc2c(cn(CCCN3CCCC3=O)c(=O)c2C(=O)O)C1. The summed E-state index contributed by atoms with van der Waals surface area (Å²) < 4.78 is 1.41. The summed E-state index contributed by atoms with van der Waals surface area (Å²) in [6.07, 6.45) is 4.06. The summed E-state index contributed by atoms with van der Waals surface area (Å²) >= 11 is 0. The van der Waals surface area contributed by atoms with Crippen molar-refractivity contribution in [2.75, 3.05) is 19.6 Å². The Bertz CT molecular complexity index is 814. The number of hydrogen-bond acceptors (Lipinski definition) is 4. The molecule has 0 spiro atoms. The van der Waals surface area contributed by atoms with Crippen molar-refractivity contribution in [2.45, 2.75) is 45.7 Å². The largest absolute Gasteiger partial charge is 0.477 e. The van der Waals surface area contributed by atoms with Gasteiger partial charge < -0.3 is 19.5 Å². The molecule has 0 atom stereocenters. The van der Waals surface area contributed by atoms with Gasteiger partial charge in [0, 0.05) is 52.3 Å². The van der Waals surface area contributed by atoms with E-state index in [1.165, 1.54) is 11.5 Å². The Morgan fingerprint density at radius 2 is 1.92 bits per heavy atom. The standard InChI is InChI=1S/C18H23N3O5/c1-12(22)20-9-5-14-13(10-20)11-21(17(24)16(14)18(25)26)8-3-7-19-6-2-4-15(19)23/h11H,2-10H2,1H3,(H,25,26). The van der Waals surface area contributed by atoms with Gasteiger partial charge in [0.15, 0.2) is 0 Å². The molecular formula is C18H23N3O5. The van der Waals surface area contributed by atoms with E-state index in [1.54, 1.807) is 16.0 Å². The number of rotatable bonds is 5. The van der Waals surface area contributed by atoms with Crippen molar-refractivity contribution in [3.05, 3.63) is 33.2 Å². The fraction of sp³-hybridized carbons (Fsp3) is 0.556. The number of amides is 2. The van der Waals surface area contributed by atoms with Crippen molar-refractivity contribution in [1.29, 1.82) is 0 Å². The lowest BCUT2D eigenvalue weighted by Gasteiger charge is -2.29. The van der Waals surface area contributed by atoms with Gasteiger partial charge in [-0.15, -0.1) is 0 Å². The molecule has 0 saturated carbocycles. The lowest BCUT2D eigenvalue weighted by atomic mass is 9.96. The molecule has 2 aliphatic heterocycles. The number of aromatic carboxylic acids is 1. The number of aromatic nitrogens is 1. The second-order valence-electron chi connectivity index (χ2n) is 6.84. The first-order valence-electron chi connectivity index (χ1n) is 8.90. The lowest BCUT2D eigenvalue weighted by Crippen LogP contribution is -2.39. The van der Waals surface area contributed by atoms with Crippen molar-refractivity contribution < 1.29 is 19.5 Å². The minimum absolute atomic E-state index is 0.0715. The highest BCUT2D eigenvalue weighted by molar-refractivity contribution is 5.89. The number of carboxylic acid groups (broad SMARTS) is 1. The minimum Gasteiger partial charge on any atom is -0.477 e. The molecule has 1 N–H and O–H groups in total. The van der Waals surface area contributed by atoms with E-state index >= 15 is 0 Å². The van der Waals surface area contributed by atoms with Gasteiger partial charge in [0.05, 0.1) is 0 Å². The highest BCUT2D eigenvalue weighted by atomic mass is 16.4. The van der Waals surface area contributed by atoms with E-state index in [1.807, 2.05) is 0 Å². The summed E-state index contributed by atoms with van der Waals surface area (Å²) in [5.41, 5.74) is 0.537. The van der Waals surface area contributed by atoms with Crippen LogP contribution in [0.25, 0.3) is 0 Å². The van der Waals surface area contributed by atoms with E-state index in [9.17, 15) is 24.3 Å². The third kappa shape index (κ3) is 3.49. The van der Waals surface area contributed by atoms with Gasteiger partial charge in [-0.3, -0.25) is 14.4 Å². The first-order valence-corrected chi connectivity index (χ1v) is 8.90. The fourth-order valence-electron chi connectivity index (χ4n) is 3.74. The zero-order valence-corrected chi connectivity index (χ0v) is 14.9. The predicted octanol–water partition coefficient (Wildman–Crippen LogP) is 0.464. The second-order valence-corrected chi connectivity index (χ2v) is 6.84. The molecule has 140 valence electrons. The number of carboxylic acids is 1. The van der Waals surface area contributed by atoms with Crippen LogP contribution in [0.15, 0.2) is 11.0 Å². The Balaban J connectivity index is 1.83. The molecule has 1 aromatic heterocycles. The van der Waals surface area contributed by atoms with E-state index in [-0.39, 0.29) is 17.4 Å². The maximum absolute atomic E-state index is 12.6. The minimum atomic E-state index is -1.23. The quantitative estimate of drug-likeness (QED) is 0.821. The summed E-state index contributed by atoms with van der Waals surface area (Å²) in [6, 6.07) is 0. The summed E-state index contributed by atoms with van der Waals surface area (Å²) in [7, 11) is 0. The number of aryl methyl sites for hydroxylation is 1. The van der Waals surface area contributed by atoms with E-state index in [0.717, 1.165) is 13.0 Å². The summed E-state index contributed by atoms with van der Waals surface area (Å²) in [5, 5.41) is 9.51.